The molecule has 1 amide bonds. The first-order chi connectivity index (χ1) is 10.1. The molecular weight excluding hydrogens is 264 g/mol. The molecule has 3 N–H and O–H groups in total. The molecule has 1 aliphatic rings. The Morgan fingerprint density at radius 1 is 1.43 bits per heavy atom. The van der Waals surface area contributed by atoms with E-state index in [1.807, 2.05) is 37.4 Å². The van der Waals surface area contributed by atoms with Gasteiger partial charge >= 0.3 is 0 Å². The molecule has 1 aromatic heterocycles. The summed E-state index contributed by atoms with van der Waals surface area (Å²) in [5.74, 6) is 6.65. The number of hydrogen-bond acceptors (Lipinski definition) is 4. The minimum Gasteiger partial charge on any atom is -0.337 e. The molecule has 1 fully saturated rings. The predicted molar refractivity (Wildman–Crippen MR) is 83.8 cm³/mol. The number of pyridine rings is 1. The van der Waals surface area contributed by atoms with Crippen LogP contribution in [0.1, 0.15) is 30.3 Å². The van der Waals surface area contributed by atoms with Gasteiger partial charge in [0, 0.05) is 18.5 Å². The van der Waals surface area contributed by atoms with E-state index in [-0.39, 0.29) is 11.9 Å². The summed E-state index contributed by atoms with van der Waals surface area (Å²) in [7, 11) is 1.84. The lowest BCUT2D eigenvalue weighted by molar-refractivity contribution is 0.0722. The van der Waals surface area contributed by atoms with E-state index in [1.54, 1.807) is 4.90 Å². The number of nitrogens with two attached hydrogens (primary N) is 1. The Kier molecular flexibility index (Phi) is 3.51. The summed E-state index contributed by atoms with van der Waals surface area (Å²) in [5, 5.41) is 1.87. The number of carbonyl (C=O) groups is 1. The molecule has 0 saturated heterocycles. The van der Waals surface area contributed by atoms with E-state index in [4.69, 9.17) is 5.84 Å². The number of hydrazine groups is 1. The van der Waals surface area contributed by atoms with Gasteiger partial charge in [-0.05, 0) is 37.1 Å². The van der Waals surface area contributed by atoms with Crippen molar-refractivity contribution in [2.75, 3.05) is 12.5 Å². The first-order valence-corrected chi connectivity index (χ1v) is 7.25. The highest BCUT2D eigenvalue weighted by atomic mass is 16.2. The van der Waals surface area contributed by atoms with Crippen molar-refractivity contribution in [1.29, 1.82) is 0 Å². The lowest BCUT2D eigenvalue weighted by atomic mass is 10.1. The van der Waals surface area contributed by atoms with Crippen molar-refractivity contribution in [2.45, 2.75) is 25.8 Å². The maximum Gasteiger partial charge on any atom is 0.272 e. The Bertz CT molecular complexity index is 681. The van der Waals surface area contributed by atoms with Gasteiger partial charge in [0.05, 0.1) is 0 Å². The molecule has 0 aliphatic heterocycles. The van der Waals surface area contributed by atoms with Gasteiger partial charge in [0.2, 0.25) is 0 Å². The van der Waals surface area contributed by atoms with E-state index in [9.17, 15) is 4.79 Å². The highest BCUT2D eigenvalue weighted by molar-refractivity contribution is 6.00. The summed E-state index contributed by atoms with van der Waals surface area (Å²) in [5.41, 5.74) is 3.01. The van der Waals surface area contributed by atoms with Crippen LogP contribution in [0.4, 0.5) is 5.82 Å². The number of carbonyl (C=O) groups excluding carboxylic acids is 1. The molecular formula is C16H20N4O. The van der Waals surface area contributed by atoms with Gasteiger partial charge < -0.3 is 10.3 Å². The molecule has 1 aliphatic carbocycles. The lowest BCUT2D eigenvalue weighted by Gasteiger charge is -2.24. The zero-order valence-electron chi connectivity index (χ0n) is 12.3. The molecule has 5 heteroatoms. The Labute approximate surface area is 124 Å². The van der Waals surface area contributed by atoms with Crippen LogP contribution < -0.4 is 11.3 Å². The Morgan fingerprint density at radius 2 is 2.14 bits per heavy atom. The fourth-order valence-electron chi connectivity index (χ4n) is 2.68. The van der Waals surface area contributed by atoms with Gasteiger partial charge in [-0.1, -0.05) is 24.3 Å². The van der Waals surface area contributed by atoms with E-state index in [2.05, 4.69) is 17.3 Å². The van der Waals surface area contributed by atoms with Crippen LogP contribution in [0.15, 0.2) is 30.3 Å². The lowest BCUT2D eigenvalue weighted by Crippen LogP contribution is -2.37. The maximum atomic E-state index is 12.6. The predicted octanol–water partition coefficient (Wildman–Crippen LogP) is 2.39. The number of rotatable bonds is 4. The normalized spacial score (nSPS) is 15.8. The first kappa shape index (κ1) is 13.8. The third-order valence-corrected chi connectivity index (χ3v) is 4.33. The van der Waals surface area contributed by atoms with Crippen molar-refractivity contribution in [1.82, 2.24) is 9.88 Å². The minimum atomic E-state index is -0.0587. The van der Waals surface area contributed by atoms with Gasteiger partial charge in [0.15, 0.2) is 0 Å². The summed E-state index contributed by atoms with van der Waals surface area (Å²) in [6.45, 7) is 2.10. The van der Waals surface area contributed by atoms with E-state index >= 15 is 0 Å². The standard InChI is InChI=1S/C16H20N4O/c1-10(11-7-8-11)20(2)16(21)14-9-12-5-3-4-6-13(12)15(18-14)19-17/h3-6,9-11H,7-8,17H2,1-2H3,(H,18,19). The van der Waals surface area contributed by atoms with Gasteiger partial charge in [-0.3, -0.25) is 4.79 Å². The molecule has 1 atom stereocenters. The molecule has 110 valence electrons. The van der Waals surface area contributed by atoms with E-state index in [0.717, 1.165) is 10.8 Å². The van der Waals surface area contributed by atoms with E-state index in [0.29, 0.717) is 17.4 Å². The summed E-state index contributed by atoms with van der Waals surface area (Å²) in [6.07, 6.45) is 2.42. The van der Waals surface area contributed by atoms with Crippen molar-refractivity contribution in [3.05, 3.63) is 36.0 Å². The number of hydrogen-bond donors (Lipinski definition) is 2. The quantitative estimate of drug-likeness (QED) is 0.668. The first-order valence-electron chi connectivity index (χ1n) is 7.25. The Morgan fingerprint density at radius 3 is 2.81 bits per heavy atom. The second-order valence-corrected chi connectivity index (χ2v) is 5.72. The molecule has 2 aromatic rings. The molecule has 0 radical (unpaired) electrons. The monoisotopic (exact) mass is 284 g/mol. The molecule has 0 bridgehead atoms. The van der Waals surface area contributed by atoms with Crippen LogP contribution in [-0.4, -0.2) is 28.9 Å². The number of anilines is 1. The molecule has 1 saturated carbocycles. The van der Waals surface area contributed by atoms with Crippen LogP contribution in [0.2, 0.25) is 0 Å². The smallest absolute Gasteiger partial charge is 0.272 e. The third-order valence-electron chi connectivity index (χ3n) is 4.33. The number of nitrogens with one attached hydrogen (secondary N) is 1. The van der Waals surface area contributed by atoms with Crippen LogP contribution in [0.25, 0.3) is 10.8 Å². The van der Waals surface area contributed by atoms with Gasteiger partial charge in [-0.2, -0.15) is 0 Å². The van der Waals surface area contributed by atoms with Crippen LogP contribution in [0.5, 0.6) is 0 Å². The van der Waals surface area contributed by atoms with Gasteiger partial charge in [0.25, 0.3) is 5.91 Å². The minimum absolute atomic E-state index is 0.0587. The Hall–Kier alpha value is -2.14. The molecule has 21 heavy (non-hydrogen) atoms. The Balaban J connectivity index is 1.97. The highest BCUT2D eigenvalue weighted by Crippen LogP contribution is 2.35. The van der Waals surface area contributed by atoms with Gasteiger partial charge in [-0.25, -0.2) is 10.8 Å². The summed E-state index contributed by atoms with van der Waals surface area (Å²) >= 11 is 0. The second-order valence-electron chi connectivity index (χ2n) is 5.72. The van der Waals surface area contributed by atoms with E-state index in [1.165, 1.54) is 12.8 Å². The molecule has 1 heterocycles. The van der Waals surface area contributed by atoms with Crippen LogP contribution in [-0.2, 0) is 0 Å². The number of aromatic nitrogens is 1. The maximum absolute atomic E-state index is 12.6. The van der Waals surface area contributed by atoms with E-state index < -0.39 is 0 Å². The summed E-state index contributed by atoms with van der Waals surface area (Å²) < 4.78 is 0. The molecule has 1 unspecified atom stereocenters. The largest absolute Gasteiger partial charge is 0.337 e. The summed E-state index contributed by atoms with van der Waals surface area (Å²) in [6, 6.07) is 9.83. The average Bonchev–Trinajstić information content (AvgIpc) is 3.36. The molecule has 3 rings (SSSR count). The van der Waals surface area contributed by atoms with Crippen LogP contribution in [0.3, 0.4) is 0 Å². The van der Waals surface area contributed by atoms with Crippen molar-refractivity contribution < 1.29 is 4.79 Å². The molecule has 1 aromatic carbocycles. The average molecular weight is 284 g/mol. The van der Waals surface area contributed by atoms with Crippen LogP contribution in [0, 0.1) is 5.92 Å². The number of benzene rings is 1. The zero-order chi connectivity index (χ0) is 15.0. The summed E-state index contributed by atoms with van der Waals surface area (Å²) in [4.78, 5) is 18.8. The SMILES string of the molecule is CC(C1CC1)N(C)C(=O)c1cc2ccccc2c(NN)n1. The fraction of sp³-hybridized carbons (Fsp3) is 0.375. The van der Waals surface area contributed by atoms with Crippen molar-refractivity contribution in [3.63, 3.8) is 0 Å². The number of nitrogen functional groups attached to an aromatic ring is 1. The van der Waals surface area contributed by atoms with Crippen molar-refractivity contribution in [2.24, 2.45) is 11.8 Å². The highest BCUT2D eigenvalue weighted by Gasteiger charge is 2.33. The molecule has 5 nitrogen and oxygen atoms in total. The fourth-order valence-corrected chi connectivity index (χ4v) is 2.68. The third kappa shape index (κ3) is 2.56. The second kappa shape index (κ2) is 5.33. The number of fused-ring (bicyclic) bond motifs is 1. The molecule has 0 spiro atoms. The number of nitrogens with zero attached hydrogens (tertiary/aromatic N) is 2. The van der Waals surface area contributed by atoms with Crippen LogP contribution >= 0.6 is 0 Å². The number of amides is 1. The van der Waals surface area contributed by atoms with Crippen molar-refractivity contribution >= 4 is 22.5 Å². The zero-order valence-corrected chi connectivity index (χ0v) is 12.3. The van der Waals surface area contributed by atoms with Gasteiger partial charge in [-0.15, -0.1) is 0 Å². The van der Waals surface area contributed by atoms with Gasteiger partial charge in [0.1, 0.15) is 11.5 Å². The topological polar surface area (TPSA) is 71.2 Å². The van der Waals surface area contributed by atoms with Crippen molar-refractivity contribution in [3.8, 4) is 0 Å².